The molecule has 0 bridgehead atoms. The Balaban J connectivity index is 1.82. The Morgan fingerprint density at radius 2 is 2.10 bits per heavy atom. The van der Waals surface area contributed by atoms with Gasteiger partial charge in [0.25, 0.3) is 0 Å². The first-order valence-corrected chi connectivity index (χ1v) is 7.81. The van der Waals surface area contributed by atoms with Gasteiger partial charge in [0.1, 0.15) is 0 Å². The van der Waals surface area contributed by atoms with Crippen LogP contribution in [0.25, 0.3) is 0 Å². The van der Waals surface area contributed by atoms with Gasteiger partial charge in [0.2, 0.25) is 5.91 Å². The van der Waals surface area contributed by atoms with Gasteiger partial charge in [-0.05, 0) is 36.6 Å². The maximum Gasteiger partial charge on any atom is 0.222 e. The fraction of sp³-hybridized carbons (Fsp3) is 0.562. The molecule has 1 aromatic carbocycles. The molecule has 0 spiro atoms. The van der Waals surface area contributed by atoms with E-state index in [0.29, 0.717) is 0 Å². The maximum absolute atomic E-state index is 11.9. The van der Waals surface area contributed by atoms with Crippen LogP contribution in [0.1, 0.15) is 26.7 Å². The van der Waals surface area contributed by atoms with Crippen molar-refractivity contribution in [2.24, 2.45) is 5.92 Å². The number of carbonyl (C=O) groups excluding carboxylic acids is 1. The van der Waals surface area contributed by atoms with Gasteiger partial charge < -0.3 is 15.3 Å². The molecule has 1 amide bonds. The van der Waals surface area contributed by atoms with Gasteiger partial charge in [-0.3, -0.25) is 4.79 Å². The van der Waals surface area contributed by atoms with Crippen molar-refractivity contribution in [2.75, 3.05) is 18.0 Å². The second kappa shape index (κ2) is 7.14. The molecule has 1 fully saturated rings. The summed E-state index contributed by atoms with van der Waals surface area (Å²) in [6.07, 6.45) is 0.528. The highest BCUT2D eigenvalue weighted by Gasteiger charge is 2.25. The minimum Gasteiger partial charge on any atom is -0.392 e. The summed E-state index contributed by atoms with van der Waals surface area (Å²) in [7, 11) is 0. The van der Waals surface area contributed by atoms with Crippen LogP contribution in [0.3, 0.4) is 0 Å². The first kappa shape index (κ1) is 16.1. The molecule has 2 N–H and O–H groups in total. The lowest BCUT2D eigenvalue weighted by Crippen LogP contribution is -2.39. The predicted octanol–water partition coefficient (Wildman–Crippen LogP) is 2.44. The van der Waals surface area contributed by atoms with Crippen molar-refractivity contribution in [3.05, 3.63) is 29.3 Å². The SMILES string of the molecule is CC(C)C(O)CC(=O)NC1CCN(c2ccc(Cl)cc2)C1. The number of hydrogen-bond acceptors (Lipinski definition) is 3. The number of amides is 1. The molecule has 4 nitrogen and oxygen atoms in total. The number of nitrogens with one attached hydrogen (secondary N) is 1. The molecule has 116 valence electrons. The van der Waals surface area contributed by atoms with Crippen LogP contribution < -0.4 is 10.2 Å². The van der Waals surface area contributed by atoms with Crippen LogP contribution in [0, 0.1) is 5.92 Å². The molecule has 0 radical (unpaired) electrons. The van der Waals surface area contributed by atoms with Crippen LogP contribution in [0.15, 0.2) is 24.3 Å². The Hall–Kier alpha value is -1.26. The molecule has 1 aliphatic rings. The van der Waals surface area contributed by atoms with E-state index in [1.807, 2.05) is 38.1 Å². The van der Waals surface area contributed by atoms with Crippen molar-refractivity contribution in [2.45, 2.75) is 38.8 Å². The highest BCUT2D eigenvalue weighted by Crippen LogP contribution is 2.22. The molecular weight excluding hydrogens is 288 g/mol. The molecular formula is C16H23ClN2O2. The lowest BCUT2D eigenvalue weighted by molar-refractivity contribution is -0.124. The molecule has 1 heterocycles. The second-order valence-electron chi connectivity index (χ2n) is 5.99. The third kappa shape index (κ3) is 4.61. The topological polar surface area (TPSA) is 52.6 Å². The van der Waals surface area contributed by atoms with Crippen LogP contribution in [0.5, 0.6) is 0 Å². The van der Waals surface area contributed by atoms with E-state index in [4.69, 9.17) is 11.6 Å². The second-order valence-corrected chi connectivity index (χ2v) is 6.43. The lowest BCUT2D eigenvalue weighted by Gasteiger charge is -2.20. The van der Waals surface area contributed by atoms with Crippen molar-refractivity contribution in [1.82, 2.24) is 5.32 Å². The minimum atomic E-state index is -0.571. The number of rotatable bonds is 5. The van der Waals surface area contributed by atoms with Gasteiger partial charge in [0.15, 0.2) is 0 Å². The van der Waals surface area contributed by atoms with Crippen LogP contribution >= 0.6 is 11.6 Å². The van der Waals surface area contributed by atoms with E-state index >= 15 is 0 Å². The number of anilines is 1. The zero-order chi connectivity index (χ0) is 15.4. The number of aliphatic hydroxyl groups excluding tert-OH is 1. The van der Waals surface area contributed by atoms with E-state index in [1.165, 1.54) is 0 Å². The normalized spacial score (nSPS) is 19.9. The average Bonchev–Trinajstić information content (AvgIpc) is 2.87. The van der Waals surface area contributed by atoms with Crippen LogP contribution in [0.2, 0.25) is 5.02 Å². The fourth-order valence-corrected chi connectivity index (χ4v) is 2.60. The number of nitrogens with zero attached hydrogens (tertiary/aromatic N) is 1. The Bertz CT molecular complexity index is 476. The lowest BCUT2D eigenvalue weighted by atomic mass is 10.0. The van der Waals surface area contributed by atoms with Gasteiger partial charge in [0, 0.05) is 29.8 Å². The summed E-state index contributed by atoms with van der Waals surface area (Å²) in [6, 6.07) is 7.89. The zero-order valence-electron chi connectivity index (χ0n) is 12.6. The summed E-state index contributed by atoms with van der Waals surface area (Å²) >= 11 is 5.89. The van der Waals surface area contributed by atoms with Crippen LogP contribution in [0.4, 0.5) is 5.69 Å². The zero-order valence-corrected chi connectivity index (χ0v) is 13.3. The molecule has 21 heavy (non-hydrogen) atoms. The molecule has 5 heteroatoms. The maximum atomic E-state index is 11.9. The fourth-order valence-electron chi connectivity index (χ4n) is 2.48. The number of carbonyl (C=O) groups is 1. The van der Waals surface area contributed by atoms with Crippen LogP contribution in [-0.4, -0.2) is 36.2 Å². The molecule has 2 unspecified atom stereocenters. The molecule has 0 saturated carbocycles. The summed E-state index contributed by atoms with van der Waals surface area (Å²) in [6.45, 7) is 5.54. The predicted molar refractivity (Wildman–Crippen MR) is 85.7 cm³/mol. The number of benzene rings is 1. The first-order chi connectivity index (χ1) is 9.95. The molecule has 2 atom stereocenters. The highest BCUT2D eigenvalue weighted by atomic mass is 35.5. The monoisotopic (exact) mass is 310 g/mol. The Morgan fingerprint density at radius 3 is 2.71 bits per heavy atom. The van der Waals surface area contributed by atoms with Gasteiger partial charge in [-0.2, -0.15) is 0 Å². The van der Waals surface area contributed by atoms with E-state index in [1.54, 1.807) is 0 Å². The van der Waals surface area contributed by atoms with E-state index < -0.39 is 6.10 Å². The van der Waals surface area contributed by atoms with Gasteiger partial charge in [-0.15, -0.1) is 0 Å². The Morgan fingerprint density at radius 1 is 1.43 bits per heavy atom. The third-order valence-electron chi connectivity index (χ3n) is 3.91. The summed E-state index contributed by atoms with van der Waals surface area (Å²) in [4.78, 5) is 14.1. The third-order valence-corrected chi connectivity index (χ3v) is 4.16. The van der Waals surface area contributed by atoms with Crippen molar-refractivity contribution >= 4 is 23.2 Å². The smallest absolute Gasteiger partial charge is 0.222 e. The summed E-state index contributed by atoms with van der Waals surface area (Å²) in [5, 5.41) is 13.5. The molecule has 1 aliphatic heterocycles. The van der Waals surface area contributed by atoms with E-state index in [9.17, 15) is 9.90 Å². The number of aliphatic hydroxyl groups is 1. The number of hydrogen-bond donors (Lipinski definition) is 2. The Kier molecular flexibility index (Phi) is 5.48. The van der Waals surface area contributed by atoms with Gasteiger partial charge in [-0.25, -0.2) is 0 Å². The van der Waals surface area contributed by atoms with E-state index in [-0.39, 0.29) is 24.3 Å². The quantitative estimate of drug-likeness (QED) is 0.878. The molecule has 0 aliphatic carbocycles. The molecule has 2 rings (SSSR count). The van der Waals surface area contributed by atoms with Crippen molar-refractivity contribution in [3.8, 4) is 0 Å². The van der Waals surface area contributed by atoms with Gasteiger partial charge >= 0.3 is 0 Å². The van der Waals surface area contributed by atoms with Crippen molar-refractivity contribution in [3.63, 3.8) is 0 Å². The molecule has 0 aromatic heterocycles. The molecule has 1 saturated heterocycles. The Labute approximate surface area is 131 Å². The number of halogens is 1. The summed E-state index contributed by atoms with van der Waals surface area (Å²) in [5.41, 5.74) is 1.12. The first-order valence-electron chi connectivity index (χ1n) is 7.43. The average molecular weight is 311 g/mol. The van der Waals surface area contributed by atoms with Gasteiger partial charge in [-0.1, -0.05) is 25.4 Å². The highest BCUT2D eigenvalue weighted by molar-refractivity contribution is 6.30. The van der Waals surface area contributed by atoms with Crippen molar-refractivity contribution < 1.29 is 9.90 Å². The van der Waals surface area contributed by atoms with Gasteiger partial charge in [0.05, 0.1) is 12.5 Å². The molecule has 1 aromatic rings. The van der Waals surface area contributed by atoms with E-state index in [2.05, 4.69) is 10.2 Å². The summed E-state index contributed by atoms with van der Waals surface area (Å²) in [5.74, 6) is 0.0315. The largest absolute Gasteiger partial charge is 0.392 e. The van der Waals surface area contributed by atoms with Crippen LogP contribution in [-0.2, 0) is 4.79 Å². The van der Waals surface area contributed by atoms with E-state index in [0.717, 1.165) is 30.2 Å². The summed E-state index contributed by atoms with van der Waals surface area (Å²) < 4.78 is 0. The standard InChI is InChI=1S/C16H23ClN2O2/c1-11(2)15(20)9-16(21)18-13-7-8-19(10-13)14-5-3-12(17)4-6-14/h3-6,11,13,15,20H,7-10H2,1-2H3,(H,18,21). The van der Waals surface area contributed by atoms with Crippen molar-refractivity contribution in [1.29, 1.82) is 0 Å². The minimum absolute atomic E-state index is 0.0702.